The second kappa shape index (κ2) is 6.27. The highest BCUT2D eigenvalue weighted by Crippen LogP contribution is 2.30. The molecule has 1 aromatic carbocycles. The molecule has 1 fully saturated rings. The molecule has 0 unspecified atom stereocenters. The zero-order chi connectivity index (χ0) is 15.6. The molecule has 1 saturated heterocycles. The molecular formula is C13H17N3O5-2. The van der Waals surface area contributed by atoms with E-state index in [9.17, 15) is 15.2 Å². The minimum atomic E-state index is -0.644. The van der Waals surface area contributed by atoms with E-state index in [0.29, 0.717) is 13.1 Å². The molecule has 21 heavy (non-hydrogen) atoms. The van der Waals surface area contributed by atoms with Crippen molar-refractivity contribution in [1.82, 2.24) is 4.90 Å². The molecule has 0 radical (unpaired) electrons. The molecular weight excluding hydrogens is 278 g/mol. The van der Waals surface area contributed by atoms with Gasteiger partial charge in [-0.25, -0.2) is 0 Å². The van der Waals surface area contributed by atoms with Gasteiger partial charge in [-0.3, -0.25) is 15.2 Å². The van der Waals surface area contributed by atoms with Crippen LogP contribution in [0.4, 0.5) is 11.4 Å². The van der Waals surface area contributed by atoms with Gasteiger partial charge in [-0.2, -0.15) is 0 Å². The van der Waals surface area contributed by atoms with Gasteiger partial charge in [0.15, 0.2) is 0 Å². The average Bonchev–Trinajstić information content (AvgIpc) is 2.47. The van der Waals surface area contributed by atoms with Gasteiger partial charge in [0.25, 0.3) is 5.91 Å². The van der Waals surface area contributed by atoms with E-state index >= 15 is 0 Å². The molecule has 0 aliphatic carbocycles. The highest BCUT2D eigenvalue weighted by atomic mass is 16.8. The van der Waals surface area contributed by atoms with Crippen LogP contribution >= 0.6 is 0 Å². The third kappa shape index (κ3) is 3.24. The van der Waals surface area contributed by atoms with E-state index in [-0.39, 0.29) is 33.6 Å². The third-order valence-corrected chi connectivity index (χ3v) is 3.66. The summed E-state index contributed by atoms with van der Waals surface area (Å²) in [7, 11) is 0. The number of hydrogen-bond acceptors (Lipinski definition) is 7. The van der Waals surface area contributed by atoms with Crippen LogP contribution in [0.15, 0.2) is 12.1 Å². The summed E-state index contributed by atoms with van der Waals surface area (Å²) in [5.41, 5.74) is -0.331. The first kappa shape index (κ1) is 15.5. The number of nitrogens with zero attached hydrogens (tertiary/aromatic N) is 3. The standard InChI is InChI=1S/C13H17N3O5/c1-9-11(15(18)19)7-10(8-12(9)16(20)21)13(17)14-5-3-2-4-6-14/h7-8,18-19H,2-6H2,1H3/q-2. The summed E-state index contributed by atoms with van der Waals surface area (Å²) in [6.07, 6.45) is 2.86. The van der Waals surface area contributed by atoms with Crippen LogP contribution in [0, 0.1) is 17.3 Å². The maximum Gasteiger partial charge on any atom is 0.254 e. The lowest BCUT2D eigenvalue weighted by molar-refractivity contribution is 0.0288. The van der Waals surface area contributed by atoms with E-state index in [0.717, 1.165) is 19.3 Å². The molecule has 2 rings (SSSR count). The number of carbonyl (C=O) groups is 1. The summed E-state index contributed by atoms with van der Waals surface area (Å²) in [6.45, 7) is 2.61. The van der Waals surface area contributed by atoms with Crippen LogP contribution in [0.5, 0.6) is 0 Å². The Bertz CT molecular complexity index is 498. The Morgan fingerprint density at radius 3 is 2.24 bits per heavy atom. The Labute approximate surface area is 121 Å². The molecule has 2 N–H and O–H groups in total. The van der Waals surface area contributed by atoms with Crippen LogP contribution in [-0.4, -0.2) is 34.3 Å². The number of piperidine rings is 1. The zero-order valence-electron chi connectivity index (χ0n) is 11.7. The summed E-state index contributed by atoms with van der Waals surface area (Å²) >= 11 is 0. The van der Waals surface area contributed by atoms with Crippen LogP contribution in [0.25, 0.3) is 0 Å². The lowest BCUT2D eigenvalue weighted by Crippen LogP contribution is -2.35. The van der Waals surface area contributed by atoms with Crippen LogP contribution in [0.2, 0.25) is 0 Å². The normalized spacial score (nSPS) is 15.0. The first-order valence-electron chi connectivity index (χ1n) is 6.68. The smallest absolute Gasteiger partial charge is 0.254 e. The average molecular weight is 295 g/mol. The van der Waals surface area contributed by atoms with Gasteiger partial charge in [0.1, 0.15) is 0 Å². The van der Waals surface area contributed by atoms with E-state index in [1.807, 2.05) is 0 Å². The van der Waals surface area contributed by atoms with Gasteiger partial charge < -0.3 is 20.5 Å². The van der Waals surface area contributed by atoms with Crippen LogP contribution in [-0.2, 0) is 0 Å². The van der Waals surface area contributed by atoms with Gasteiger partial charge in [0.05, 0.1) is 5.69 Å². The van der Waals surface area contributed by atoms with Crippen molar-refractivity contribution >= 4 is 17.3 Å². The molecule has 116 valence electrons. The molecule has 1 aliphatic heterocycles. The number of likely N-dealkylation sites (tertiary alicyclic amines) is 1. The van der Waals surface area contributed by atoms with E-state index in [1.54, 1.807) is 4.90 Å². The Morgan fingerprint density at radius 1 is 1.14 bits per heavy atom. The summed E-state index contributed by atoms with van der Waals surface area (Å²) in [4.78, 5) is 14.0. The quantitative estimate of drug-likeness (QED) is 0.820. The molecule has 1 amide bonds. The van der Waals surface area contributed by atoms with Crippen LogP contribution < -0.4 is 10.5 Å². The van der Waals surface area contributed by atoms with Crippen molar-refractivity contribution in [3.8, 4) is 0 Å². The Morgan fingerprint density at radius 2 is 1.71 bits per heavy atom. The molecule has 0 spiro atoms. The number of rotatable bonds is 3. The molecule has 0 atom stereocenters. The minimum Gasteiger partial charge on any atom is -0.769 e. The fraction of sp³-hybridized carbons (Fsp3) is 0.462. The van der Waals surface area contributed by atoms with Gasteiger partial charge in [-0.05, 0) is 43.9 Å². The fourth-order valence-electron chi connectivity index (χ4n) is 2.48. The fourth-order valence-corrected chi connectivity index (χ4v) is 2.48. The summed E-state index contributed by atoms with van der Waals surface area (Å²) in [5.74, 6) is -0.332. The van der Waals surface area contributed by atoms with Crippen molar-refractivity contribution in [3.63, 3.8) is 0 Å². The predicted molar refractivity (Wildman–Crippen MR) is 76.2 cm³/mol. The topological polar surface area (TPSA) is 113 Å². The minimum absolute atomic E-state index is 0.0808. The molecule has 0 aromatic heterocycles. The van der Waals surface area contributed by atoms with Gasteiger partial charge in [-0.1, -0.05) is 0 Å². The van der Waals surface area contributed by atoms with E-state index < -0.39 is 5.23 Å². The third-order valence-electron chi connectivity index (χ3n) is 3.66. The predicted octanol–water partition coefficient (Wildman–Crippen LogP) is 2.01. The van der Waals surface area contributed by atoms with Gasteiger partial charge in [-0.15, -0.1) is 5.23 Å². The van der Waals surface area contributed by atoms with E-state index in [4.69, 9.17) is 10.4 Å². The number of anilines is 2. The molecule has 0 saturated carbocycles. The van der Waals surface area contributed by atoms with Crippen molar-refractivity contribution in [2.75, 3.05) is 23.5 Å². The maximum absolute atomic E-state index is 12.4. The number of benzene rings is 1. The largest absolute Gasteiger partial charge is 0.769 e. The zero-order valence-corrected chi connectivity index (χ0v) is 11.7. The lowest BCUT2D eigenvalue weighted by Gasteiger charge is -2.39. The van der Waals surface area contributed by atoms with Crippen LogP contribution in [0.3, 0.4) is 0 Å². The van der Waals surface area contributed by atoms with Crippen molar-refractivity contribution in [3.05, 3.63) is 33.7 Å². The van der Waals surface area contributed by atoms with Gasteiger partial charge in [0.2, 0.25) is 0 Å². The summed E-state index contributed by atoms with van der Waals surface area (Å²) in [6, 6.07) is 2.43. The molecule has 0 bridgehead atoms. The number of amides is 1. The van der Waals surface area contributed by atoms with Gasteiger partial charge in [0, 0.05) is 24.3 Å². The second-order valence-electron chi connectivity index (χ2n) is 5.04. The van der Waals surface area contributed by atoms with Crippen molar-refractivity contribution in [2.24, 2.45) is 0 Å². The number of hydrogen-bond donors (Lipinski definition) is 2. The first-order chi connectivity index (χ1) is 9.91. The molecule has 8 heteroatoms. The monoisotopic (exact) mass is 295 g/mol. The van der Waals surface area contributed by atoms with Crippen molar-refractivity contribution in [2.45, 2.75) is 26.2 Å². The van der Waals surface area contributed by atoms with Crippen LogP contribution in [0.1, 0.15) is 35.2 Å². The van der Waals surface area contributed by atoms with E-state index in [2.05, 4.69) is 0 Å². The highest BCUT2D eigenvalue weighted by Gasteiger charge is 2.21. The van der Waals surface area contributed by atoms with E-state index in [1.165, 1.54) is 19.1 Å². The Kier molecular flexibility index (Phi) is 4.63. The summed E-state index contributed by atoms with van der Waals surface area (Å²) < 4.78 is 0. The maximum atomic E-state index is 12.4. The van der Waals surface area contributed by atoms with Gasteiger partial charge >= 0.3 is 0 Å². The molecule has 8 nitrogen and oxygen atoms in total. The van der Waals surface area contributed by atoms with Crippen molar-refractivity contribution < 1.29 is 15.2 Å². The first-order valence-corrected chi connectivity index (χ1v) is 6.68. The Hall–Kier alpha value is -1.87. The molecule has 1 heterocycles. The number of carbonyl (C=O) groups excluding carboxylic acids is 1. The SMILES string of the molecule is Cc1c(N([O-])[O-])cc(C(=O)N2CCCCC2)cc1N(O)O. The molecule has 1 aliphatic rings. The van der Waals surface area contributed by atoms with Crippen molar-refractivity contribution in [1.29, 1.82) is 0 Å². The molecule has 1 aromatic rings. The summed E-state index contributed by atoms with van der Waals surface area (Å²) in [5, 5.41) is 39.6. The highest BCUT2D eigenvalue weighted by molar-refractivity contribution is 5.97. The lowest BCUT2D eigenvalue weighted by atomic mass is 10.0. The Balaban J connectivity index is 2.40. The second-order valence-corrected chi connectivity index (χ2v) is 5.04.